The second-order valence-electron chi connectivity index (χ2n) is 4.03. The third kappa shape index (κ3) is 3.00. The van der Waals surface area contributed by atoms with Gasteiger partial charge in [0.05, 0.1) is 22.9 Å². The molecule has 2 rings (SSSR count). The van der Waals surface area contributed by atoms with E-state index in [9.17, 15) is 10.1 Å². The summed E-state index contributed by atoms with van der Waals surface area (Å²) >= 11 is 0. The van der Waals surface area contributed by atoms with E-state index >= 15 is 0 Å². The maximum absolute atomic E-state index is 10.9. The molecule has 0 saturated heterocycles. The summed E-state index contributed by atoms with van der Waals surface area (Å²) in [4.78, 5) is 18.6. The molecule has 0 aliphatic carbocycles. The number of anilines is 1. The lowest BCUT2D eigenvalue weighted by Crippen LogP contribution is -2.01. The van der Waals surface area contributed by atoms with E-state index in [4.69, 9.17) is 4.74 Å². The Morgan fingerprint density at radius 1 is 1.40 bits per heavy atom. The van der Waals surface area contributed by atoms with Crippen molar-refractivity contribution in [3.8, 4) is 11.6 Å². The van der Waals surface area contributed by atoms with Gasteiger partial charge in [-0.25, -0.2) is 0 Å². The highest BCUT2D eigenvalue weighted by atomic mass is 16.6. The Kier molecular flexibility index (Phi) is 4.09. The van der Waals surface area contributed by atoms with Crippen molar-refractivity contribution >= 4 is 11.5 Å². The van der Waals surface area contributed by atoms with Crippen LogP contribution in [0.4, 0.5) is 11.5 Å². The molecule has 1 N–H and O–H groups in total. The van der Waals surface area contributed by atoms with Gasteiger partial charge in [-0.3, -0.25) is 15.1 Å². The molecule has 7 nitrogen and oxygen atoms in total. The summed E-state index contributed by atoms with van der Waals surface area (Å²) in [6.45, 7) is 4.29. The van der Waals surface area contributed by atoms with Gasteiger partial charge in [-0.05, 0) is 19.9 Å². The molecule has 0 aliphatic heterocycles. The van der Waals surface area contributed by atoms with Crippen molar-refractivity contribution in [3.05, 3.63) is 46.3 Å². The van der Waals surface area contributed by atoms with E-state index in [0.29, 0.717) is 23.7 Å². The van der Waals surface area contributed by atoms with Gasteiger partial charge >= 0.3 is 0 Å². The van der Waals surface area contributed by atoms with Crippen LogP contribution >= 0.6 is 0 Å². The largest absolute Gasteiger partial charge is 0.437 e. The molecule has 0 amide bonds. The molecule has 20 heavy (non-hydrogen) atoms. The Morgan fingerprint density at radius 3 is 2.90 bits per heavy atom. The lowest BCUT2D eigenvalue weighted by Gasteiger charge is -2.09. The van der Waals surface area contributed by atoms with Gasteiger partial charge in [-0.1, -0.05) is 6.07 Å². The second kappa shape index (κ2) is 5.96. The zero-order chi connectivity index (χ0) is 14.5. The quantitative estimate of drug-likeness (QED) is 0.666. The number of rotatable bonds is 5. The molecule has 0 fully saturated rings. The van der Waals surface area contributed by atoms with Crippen LogP contribution in [0.2, 0.25) is 0 Å². The van der Waals surface area contributed by atoms with Gasteiger partial charge in [0.2, 0.25) is 5.88 Å². The first kappa shape index (κ1) is 13.7. The van der Waals surface area contributed by atoms with Crippen LogP contribution in [-0.2, 0) is 0 Å². The topological polar surface area (TPSA) is 90.2 Å². The Hall–Kier alpha value is -2.70. The third-order valence-electron chi connectivity index (χ3n) is 2.64. The highest BCUT2D eigenvalue weighted by molar-refractivity contribution is 5.49. The van der Waals surface area contributed by atoms with Crippen molar-refractivity contribution in [2.75, 3.05) is 11.9 Å². The van der Waals surface area contributed by atoms with Crippen molar-refractivity contribution in [2.45, 2.75) is 13.8 Å². The fourth-order valence-corrected chi connectivity index (χ4v) is 1.69. The number of benzene rings is 1. The first-order valence-corrected chi connectivity index (χ1v) is 6.09. The predicted octanol–water partition coefficient (Wildman–Crippen LogP) is 2.92. The Morgan fingerprint density at radius 2 is 2.20 bits per heavy atom. The number of nitro benzene ring substituents is 1. The molecule has 7 heteroatoms. The van der Waals surface area contributed by atoms with Crippen LogP contribution in [0.15, 0.2) is 30.6 Å². The summed E-state index contributed by atoms with van der Waals surface area (Å²) in [7, 11) is 0. The van der Waals surface area contributed by atoms with E-state index in [1.54, 1.807) is 25.3 Å². The molecule has 104 valence electrons. The average molecular weight is 274 g/mol. The van der Waals surface area contributed by atoms with Gasteiger partial charge in [0, 0.05) is 12.6 Å². The van der Waals surface area contributed by atoms with E-state index in [0.717, 1.165) is 0 Å². The number of nitro groups is 1. The summed E-state index contributed by atoms with van der Waals surface area (Å²) in [6.07, 6.45) is 3.04. The van der Waals surface area contributed by atoms with E-state index in [-0.39, 0.29) is 11.6 Å². The molecule has 0 radical (unpaired) electrons. The number of hydrogen-bond donors (Lipinski definition) is 1. The molecule has 1 aromatic heterocycles. The lowest BCUT2D eigenvalue weighted by molar-refractivity contribution is -0.385. The summed E-state index contributed by atoms with van der Waals surface area (Å²) in [6, 6.07) is 4.66. The zero-order valence-electron chi connectivity index (χ0n) is 11.2. The van der Waals surface area contributed by atoms with Crippen molar-refractivity contribution in [1.29, 1.82) is 0 Å². The maximum Gasteiger partial charge on any atom is 0.276 e. The van der Waals surface area contributed by atoms with E-state index in [2.05, 4.69) is 15.3 Å². The van der Waals surface area contributed by atoms with Crippen molar-refractivity contribution in [2.24, 2.45) is 0 Å². The van der Waals surface area contributed by atoms with Crippen LogP contribution in [0.3, 0.4) is 0 Å². The van der Waals surface area contributed by atoms with Crippen LogP contribution in [0.5, 0.6) is 11.6 Å². The summed E-state index contributed by atoms with van der Waals surface area (Å²) in [5.41, 5.74) is 0.464. The van der Waals surface area contributed by atoms with Gasteiger partial charge in [-0.15, -0.1) is 0 Å². The minimum Gasteiger partial charge on any atom is -0.437 e. The number of aromatic nitrogens is 2. The summed E-state index contributed by atoms with van der Waals surface area (Å²) in [5, 5.41) is 13.9. The van der Waals surface area contributed by atoms with Crippen molar-refractivity contribution in [3.63, 3.8) is 0 Å². The van der Waals surface area contributed by atoms with Gasteiger partial charge in [0.15, 0.2) is 0 Å². The monoisotopic (exact) mass is 274 g/mol. The highest BCUT2D eigenvalue weighted by Crippen LogP contribution is 2.30. The number of nitrogens with one attached hydrogen (secondary N) is 1. The van der Waals surface area contributed by atoms with Crippen molar-refractivity contribution in [1.82, 2.24) is 9.97 Å². The Balaban J connectivity index is 2.28. The zero-order valence-corrected chi connectivity index (χ0v) is 11.2. The summed E-state index contributed by atoms with van der Waals surface area (Å²) < 4.78 is 5.57. The first-order valence-electron chi connectivity index (χ1n) is 6.09. The minimum atomic E-state index is -0.442. The van der Waals surface area contributed by atoms with E-state index < -0.39 is 4.92 Å². The molecule has 0 unspecified atom stereocenters. The van der Waals surface area contributed by atoms with Gasteiger partial charge < -0.3 is 10.1 Å². The van der Waals surface area contributed by atoms with Crippen LogP contribution in [0.25, 0.3) is 0 Å². The SMILES string of the molecule is CCNc1cncc(Oc2cccc([N+](=O)[O-])c2C)n1. The maximum atomic E-state index is 10.9. The predicted molar refractivity (Wildman–Crippen MR) is 74.1 cm³/mol. The molecule has 0 saturated carbocycles. The molecular formula is C13H14N4O3. The molecule has 0 bridgehead atoms. The minimum absolute atomic E-state index is 0.0123. The standard InChI is InChI=1S/C13H14N4O3/c1-3-15-12-7-14-8-13(16-12)20-11-6-4-5-10(9(11)2)17(18)19/h4-8H,3H2,1-2H3,(H,15,16). The van der Waals surface area contributed by atoms with Crippen LogP contribution in [-0.4, -0.2) is 21.4 Å². The summed E-state index contributed by atoms with van der Waals surface area (Å²) in [5.74, 6) is 1.27. The van der Waals surface area contributed by atoms with Crippen LogP contribution in [0, 0.1) is 17.0 Å². The fraction of sp³-hybridized carbons (Fsp3) is 0.231. The smallest absolute Gasteiger partial charge is 0.276 e. The molecule has 0 spiro atoms. The Labute approximate surface area is 115 Å². The molecular weight excluding hydrogens is 260 g/mol. The number of hydrogen-bond acceptors (Lipinski definition) is 6. The average Bonchev–Trinajstić information content (AvgIpc) is 2.42. The van der Waals surface area contributed by atoms with E-state index in [1.807, 2.05) is 6.92 Å². The molecule has 0 aliphatic rings. The van der Waals surface area contributed by atoms with Crippen LogP contribution in [0.1, 0.15) is 12.5 Å². The van der Waals surface area contributed by atoms with E-state index in [1.165, 1.54) is 12.3 Å². The fourth-order valence-electron chi connectivity index (χ4n) is 1.69. The number of ether oxygens (including phenoxy) is 1. The molecule has 1 aromatic carbocycles. The molecule has 0 atom stereocenters. The highest BCUT2D eigenvalue weighted by Gasteiger charge is 2.15. The molecule has 1 heterocycles. The van der Waals surface area contributed by atoms with Gasteiger partial charge in [-0.2, -0.15) is 4.98 Å². The molecule has 2 aromatic rings. The van der Waals surface area contributed by atoms with Gasteiger partial charge in [0.25, 0.3) is 5.69 Å². The normalized spacial score (nSPS) is 10.1. The Bertz CT molecular complexity index is 631. The van der Waals surface area contributed by atoms with Crippen molar-refractivity contribution < 1.29 is 9.66 Å². The van der Waals surface area contributed by atoms with Gasteiger partial charge in [0.1, 0.15) is 11.6 Å². The second-order valence-corrected chi connectivity index (χ2v) is 4.03. The lowest BCUT2D eigenvalue weighted by atomic mass is 10.2. The number of nitrogens with zero attached hydrogens (tertiary/aromatic N) is 3. The van der Waals surface area contributed by atoms with Crippen LogP contribution < -0.4 is 10.1 Å². The first-order chi connectivity index (χ1) is 9.61. The third-order valence-corrected chi connectivity index (χ3v) is 2.64.